The van der Waals surface area contributed by atoms with Gasteiger partial charge in [0.15, 0.2) is 5.78 Å². The Labute approximate surface area is 80.7 Å². The van der Waals surface area contributed by atoms with E-state index in [1.54, 1.807) is 0 Å². The Morgan fingerprint density at radius 2 is 1.54 bits per heavy atom. The number of unbranched alkanes of at least 4 members (excludes halogenated alkanes) is 2. The molecule has 2 heteroatoms. The number of ketones is 1. The average molecular weight is 184 g/mol. The van der Waals surface area contributed by atoms with E-state index in [1.807, 2.05) is 0 Å². The Kier molecular flexibility index (Phi) is 4.43. The predicted octanol–water partition coefficient (Wildman–Crippen LogP) is 2.70. The molecule has 0 aromatic rings. The zero-order chi connectivity index (χ0) is 9.68. The molecule has 2 atom stereocenters. The molecule has 0 aromatic carbocycles. The van der Waals surface area contributed by atoms with Crippen LogP contribution in [0.5, 0.6) is 0 Å². The molecule has 1 aliphatic heterocycles. The van der Waals surface area contributed by atoms with Gasteiger partial charge in [-0.05, 0) is 12.8 Å². The lowest BCUT2D eigenvalue weighted by Gasteiger charge is -2.34. The minimum Gasteiger partial charge on any atom is -0.359 e. The Morgan fingerprint density at radius 3 is 1.85 bits per heavy atom. The molecule has 0 aliphatic carbocycles. The highest BCUT2D eigenvalue weighted by atomic mass is 16.5. The molecule has 13 heavy (non-hydrogen) atoms. The lowest BCUT2D eigenvalue weighted by Crippen LogP contribution is -2.49. The molecule has 1 rings (SSSR count). The molecule has 0 bridgehead atoms. The van der Waals surface area contributed by atoms with Gasteiger partial charge in [-0.3, -0.25) is 4.79 Å². The van der Waals surface area contributed by atoms with Crippen molar-refractivity contribution in [3.63, 3.8) is 0 Å². The molecule has 0 aromatic heterocycles. The van der Waals surface area contributed by atoms with E-state index in [4.69, 9.17) is 4.74 Å². The van der Waals surface area contributed by atoms with Gasteiger partial charge in [0.05, 0.1) is 0 Å². The first-order chi connectivity index (χ1) is 6.29. The van der Waals surface area contributed by atoms with Gasteiger partial charge in [-0.2, -0.15) is 0 Å². The van der Waals surface area contributed by atoms with Crippen LogP contribution in [0.15, 0.2) is 0 Å². The van der Waals surface area contributed by atoms with E-state index >= 15 is 0 Å². The van der Waals surface area contributed by atoms with Crippen LogP contribution in [0.1, 0.15) is 52.4 Å². The lowest BCUT2D eigenvalue weighted by molar-refractivity contribution is -0.174. The van der Waals surface area contributed by atoms with Crippen LogP contribution < -0.4 is 0 Å². The summed E-state index contributed by atoms with van der Waals surface area (Å²) in [4.78, 5) is 11.4. The maximum atomic E-state index is 11.4. The van der Waals surface area contributed by atoms with Crippen molar-refractivity contribution < 1.29 is 9.53 Å². The highest BCUT2D eigenvalue weighted by Gasteiger charge is 2.38. The summed E-state index contributed by atoms with van der Waals surface area (Å²) in [5.74, 6) is 0.349. The summed E-state index contributed by atoms with van der Waals surface area (Å²) in [6, 6.07) is 0. The standard InChI is InChI=1S/C11H20O2/c1-3-5-7-9-11(12)10(13-9)8-6-4-2/h9-10H,3-8H2,1-2H3/t9-,10-/m1/s1. The second kappa shape index (κ2) is 5.38. The zero-order valence-electron chi connectivity index (χ0n) is 8.71. The van der Waals surface area contributed by atoms with Crippen LogP contribution in [0.4, 0.5) is 0 Å². The summed E-state index contributed by atoms with van der Waals surface area (Å²) in [7, 11) is 0. The summed E-state index contributed by atoms with van der Waals surface area (Å²) in [5, 5.41) is 0. The van der Waals surface area contributed by atoms with Crippen LogP contribution >= 0.6 is 0 Å². The van der Waals surface area contributed by atoms with Gasteiger partial charge in [0.2, 0.25) is 0 Å². The van der Waals surface area contributed by atoms with Crippen molar-refractivity contribution in [1.82, 2.24) is 0 Å². The largest absolute Gasteiger partial charge is 0.359 e. The zero-order valence-corrected chi connectivity index (χ0v) is 8.71. The van der Waals surface area contributed by atoms with E-state index in [9.17, 15) is 4.79 Å². The molecule has 0 amide bonds. The van der Waals surface area contributed by atoms with Gasteiger partial charge in [-0.15, -0.1) is 0 Å². The van der Waals surface area contributed by atoms with Gasteiger partial charge < -0.3 is 4.74 Å². The number of carbonyl (C=O) groups is 1. The normalized spacial score (nSPS) is 27.4. The Balaban J connectivity index is 2.11. The van der Waals surface area contributed by atoms with Crippen molar-refractivity contribution >= 4 is 5.78 Å². The SMILES string of the molecule is CCCC[C@H]1O[C@H](CCCC)C1=O. The summed E-state index contributed by atoms with van der Waals surface area (Å²) >= 11 is 0. The topological polar surface area (TPSA) is 26.3 Å². The van der Waals surface area contributed by atoms with Crippen molar-refractivity contribution in [3.05, 3.63) is 0 Å². The van der Waals surface area contributed by atoms with Crippen molar-refractivity contribution in [2.24, 2.45) is 0 Å². The molecular weight excluding hydrogens is 164 g/mol. The third-order valence-corrected chi connectivity index (χ3v) is 2.60. The number of rotatable bonds is 6. The fraction of sp³-hybridized carbons (Fsp3) is 0.909. The van der Waals surface area contributed by atoms with Gasteiger partial charge >= 0.3 is 0 Å². The minimum absolute atomic E-state index is 0.0539. The molecule has 1 fully saturated rings. The first-order valence-corrected chi connectivity index (χ1v) is 5.48. The molecule has 2 nitrogen and oxygen atoms in total. The van der Waals surface area contributed by atoms with Gasteiger partial charge in [0.1, 0.15) is 12.2 Å². The van der Waals surface area contributed by atoms with Gasteiger partial charge in [-0.25, -0.2) is 0 Å². The van der Waals surface area contributed by atoms with E-state index < -0.39 is 0 Å². The van der Waals surface area contributed by atoms with Gasteiger partial charge in [0, 0.05) is 0 Å². The fourth-order valence-corrected chi connectivity index (χ4v) is 1.67. The Bertz CT molecular complexity index is 149. The van der Waals surface area contributed by atoms with Crippen molar-refractivity contribution in [2.75, 3.05) is 0 Å². The van der Waals surface area contributed by atoms with E-state index in [2.05, 4.69) is 13.8 Å². The first-order valence-electron chi connectivity index (χ1n) is 5.48. The quantitative estimate of drug-likeness (QED) is 0.634. The number of ether oxygens (including phenoxy) is 1. The maximum absolute atomic E-state index is 11.4. The molecule has 0 unspecified atom stereocenters. The number of hydrogen-bond donors (Lipinski definition) is 0. The average Bonchev–Trinajstić information content (AvgIpc) is 2.15. The number of hydrogen-bond acceptors (Lipinski definition) is 2. The third kappa shape index (κ3) is 2.80. The van der Waals surface area contributed by atoms with Crippen LogP contribution in [0, 0.1) is 0 Å². The van der Waals surface area contributed by atoms with Crippen LogP contribution in [0.25, 0.3) is 0 Å². The van der Waals surface area contributed by atoms with E-state index in [0.717, 1.165) is 38.5 Å². The summed E-state index contributed by atoms with van der Waals surface area (Å²) < 4.78 is 5.51. The lowest BCUT2D eigenvalue weighted by atomic mass is 9.94. The Morgan fingerprint density at radius 1 is 1.08 bits per heavy atom. The van der Waals surface area contributed by atoms with Gasteiger partial charge in [0.25, 0.3) is 0 Å². The van der Waals surface area contributed by atoms with E-state index in [0.29, 0.717) is 5.78 Å². The smallest absolute Gasteiger partial charge is 0.190 e. The summed E-state index contributed by atoms with van der Waals surface area (Å²) in [6.45, 7) is 4.27. The molecule has 76 valence electrons. The van der Waals surface area contributed by atoms with Crippen molar-refractivity contribution in [3.8, 4) is 0 Å². The Hall–Kier alpha value is -0.370. The third-order valence-electron chi connectivity index (χ3n) is 2.60. The maximum Gasteiger partial charge on any atom is 0.190 e. The predicted molar refractivity (Wildman–Crippen MR) is 52.7 cm³/mol. The second-order valence-corrected chi connectivity index (χ2v) is 3.80. The molecule has 0 spiro atoms. The number of Topliss-reactive ketones (excluding diaryl/α,β-unsaturated/α-hetero) is 1. The molecule has 0 radical (unpaired) electrons. The summed E-state index contributed by atoms with van der Waals surface area (Å²) in [6.07, 6.45) is 6.26. The van der Waals surface area contributed by atoms with Crippen LogP contribution in [0.2, 0.25) is 0 Å². The highest BCUT2D eigenvalue weighted by molar-refractivity contribution is 5.91. The first kappa shape index (κ1) is 10.7. The molecule has 1 aliphatic rings. The van der Waals surface area contributed by atoms with E-state index in [1.165, 1.54) is 0 Å². The second-order valence-electron chi connectivity index (χ2n) is 3.80. The molecule has 0 N–H and O–H groups in total. The minimum atomic E-state index is -0.0539. The van der Waals surface area contributed by atoms with Crippen molar-refractivity contribution in [2.45, 2.75) is 64.6 Å². The van der Waals surface area contributed by atoms with E-state index in [-0.39, 0.29) is 12.2 Å². The molecular formula is C11H20O2. The van der Waals surface area contributed by atoms with Crippen LogP contribution in [-0.2, 0) is 9.53 Å². The summed E-state index contributed by atoms with van der Waals surface area (Å²) in [5.41, 5.74) is 0. The monoisotopic (exact) mass is 184 g/mol. The highest BCUT2D eigenvalue weighted by Crippen LogP contribution is 2.24. The van der Waals surface area contributed by atoms with Crippen LogP contribution in [0.3, 0.4) is 0 Å². The molecule has 1 saturated heterocycles. The number of carbonyl (C=O) groups excluding carboxylic acids is 1. The van der Waals surface area contributed by atoms with Gasteiger partial charge in [-0.1, -0.05) is 39.5 Å². The molecule has 1 heterocycles. The molecule has 0 saturated carbocycles. The fourth-order valence-electron chi connectivity index (χ4n) is 1.67. The van der Waals surface area contributed by atoms with Crippen LogP contribution in [-0.4, -0.2) is 18.0 Å². The van der Waals surface area contributed by atoms with Crippen molar-refractivity contribution in [1.29, 1.82) is 0 Å².